The topological polar surface area (TPSA) is 70.4 Å². The summed E-state index contributed by atoms with van der Waals surface area (Å²) < 4.78 is 15.2. The molecule has 0 N–H and O–H groups in total. The van der Waals surface area contributed by atoms with Gasteiger partial charge in [0.2, 0.25) is 0 Å². The van der Waals surface area contributed by atoms with Gasteiger partial charge < -0.3 is 13.7 Å². The van der Waals surface area contributed by atoms with Crippen molar-refractivity contribution in [3.05, 3.63) is 41.7 Å². The van der Waals surface area contributed by atoms with Crippen molar-refractivity contribution in [3.8, 4) is 0 Å². The van der Waals surface area contributed by atoms with Crippen LogP contribution in [0.5, 0.6) is 0 Å². The van der Waals surface area contributed by atoms with Crippen LogP contribution in [0.4, 0.5) is 0 Å². The maximum atomic E-state index is 14.2. The number of esters is 1. The van der Waals surface area contributed by atoms with Crippen molar-refractivity contribution in [2.45, 2.75) is 125 Å². The Kier molecular flexibility index (Phi) is 10.7. The highest BCUT2D eigenvalue weighted by molar-refractivity contribution is 6.74. The van der Waals surface area contributed by atoms with Crippen LogP contribution in [0, 0.1) is 30.1 Å². The fraction of sp³-hybridized carbons (Fsp3) is 0.686. The van der Waals surface area contributed by atoms with Crippen LogP contribution in [-0.4, -0.2) is 35.7 Å². The lowest BCUT2D eigenvalue weighted by atomic mass is 9.70. The molecule has 1 aliphatic rings. The van der Waals surface area contributed by atoms with Gasteiger partial charge in [0.1, 0.15) is 17.7 Å². The molecule has 1 aromatic heterocycles. The van der Waals surface area contributed by atoms with Gasteiger partial charge >= 0.3 is 5.97 Å². The molecular weight excluding hydrogens is 540 g/mol. The molecule has 3 rings (SSSR count). The predicted molar refractivity (Wildman–Crippen MR) is 175 cm³/mol. The van der Waals surface area contributed by atoms with Crippen molar-refractivity contribution in [2.24, 2.45) is 30.2 Å². The number of benzene rings is 1. The number of ketones is 1. The number of hydrogen-bond donors (Lipinski definition) is 0. The number of hydrogen-bond acceptors (Lipinski definition) is 5. The summed E-state index contributed by atoms with van der Waals surface area (Å²) in [7, 11) is -0.305. The number of fused-ring (bicyclic) bond motifs is 1. The lowest BCUT2D eigenvalue weighted by Crippen LogP contribution is -2.52. The number of carbonyl (C=O) groups excluding carboxylic acids is 2. The van der Waals surface area contributed by atoms with Gasteiger partial charge in [-0.05, 0) is 67.4 Å². The SMILES string of the molecule is Cc1nc2cc([C@@H]3C/C=C/CCC[C@H](C)[C@H](C)[C@@H](C)C(=O)C(C)(C)[C@@H](O[Si](C)(C)C(C)(C)C)CC(=O)O3)ccc2n1C. The number of cyclic esters (lactones) is 1. The molecule has 0 saturated carbocycles. The third-order valence-corrected chi connectivity index (χ3v) is 14.9. The molecule has 42 heavy (non-hydrogen) atoms. The summed E-state index contributed by atoms with van der Waals surface area (Å²) in [6.45, 7) is 23.4. The van der Waals surface area contributed by atoms with E-state index in [1.54, 1.807) is 0 Å². The smallest absolute Gasteiger partial charge is 0.309 e. The monoisotopic (exact) mass is 596 g/mol. The molecule has 0 fully saturated rings. The molecule has 0 saturated heterocycles. The summed E-state index contributed by atoms with van der Waals surface area (Å²) in [5, 5.41) is -0.0672. The summed E-state index contributed by atoms with van der Waals surface area (Å²) in [6, 6.07) is 6.12. The lowest BCUT2D eigenvalue weighted by Gasteiger charge is -2.44. The number of Topliss-reactive ketones (excluding diaryl/α,β-unsaturated/α-hetero) is 1. The van der Waals surface area contributed by atoms with Gasteiger partial charge in [0.15, 0.2) is 8.32 Å². The molecule has 7 heteroatoms. The summed E-state index contributed by atoms with van der Waals surface area (Å²) in [4.78, 5) is 32.7. The normalized spacial score (nSPS) is 28.0. The standard InChI is InChI=1S/C35H56N2O4Si/c1-23-17-15-13-14-16-18-30(27-19-20-29-28(21-27)36-26(4)37(29)10)40-32(38)22-31(41-42(11,12)34(5,6)7)35(8,9)33(39)25(3)24(23)2/h14,16,19-21,23-25,30-31H,13,15,17-18,22H2,1-12H3/b16-14+/t23-,24-,25+,30-,31-/m0/s1. The molecule has 0 amide bonds. The second-order valence-corrected chi connectivity index (χ2v) is 19.6. The molecule has 5 atom stereocenters. The first-order valence-corrected chi connectivity index (χ1v) is 18.8. The Morgan fingerprint density at radius 1 is 1.10 bits per heavy atom. The minimum atomic E-state index is -2.31. The number of imidazole rings is 1. The number of carbonyl (C=O) groups is 2. The van der Waals surface area contributed by atoms with Crippen molar-refractivity contribution in [3.63, 3.8) is 0 Å². The van der Waals surface area contributed by atoms with Gasteiger partial charge in [-0.1, -0.05) is 80.0 Å². The average Bonchev–Trinajstić information content (AvgIpc) is 3.18. The quantitative estimate of drug-likeness (QED) is 0.201. The van der Waals surface area contributed by atoms with E-state index in [4.69, 9.17) is 14.1 Å². The van der Waals surface area contributed by atoms with Gasteiger partial charge in [-0.25, -0.2) is 4.98 Å². The maximum Gasteiger partial charge on any atom is 0.309 e. The molecule has 0 unspecified atom stereocenters. The van der Waals surface area contributed by atoms with Gasteiger partial charge in [-0.15, -0.1) is 0 Å². The number of allylic oxidation sites excluding steroid dienone is 1. The molecular formula is C35H56N2O4Si. The van der Waals surface area contributed by atoms with Crippen LogP contribution >= 0.6 is 0 Å². The zero-order valence-electron chi connectivity index (χ0n) is 28.3. The van der Waals surface area contributed by atoms with Crippen LogP contribution < -0.4 is 0 Å². The molecule has 1 aromatic carbocycles. The Bertz CT molecular complexity index is 1290. The summed E-state index contributed by atoms with van der Waals surface area (Å²) in [6.07, 6.45) is 7.04. The van der Waals surface area contributed by atoms with Crippen molar-refractivity contribution in [1.82, 2.24) is 9.55 Å². The highest BCUT2D eigenvalue weighted by atomic mass is 28.4. The van der Waals surface area contributed by atoms with Gasteiger partial charge in [0.05, 0.1) is 23.6 Å². The highest BCUT2D eigenvalue weighted by Crippen LogP contribution is 2.43. The van der Waals surface area contributed by atoms with E-state index in [-0.39, 0.29) is 35.0 Å². The van der Waals surface area contributed by atoms with Crippen LogP contribution in [0.2, 0.25) is 18.1 Å². The summed E-state index contributed by atoms with van der Waals surface area (Å²) in [5.74, 6) is 1.29. The summed E-state index contributed by atoms with van der Waals surface area (Å²) >= 11 is 0. The van der Waals surface area contributed by atoms with Crippen LogP contribution in [0.3, 0.4) is 0 Å². The molecule has 0 aliphatic carbocycles. The molecule has 234 valence electrons. The van der Waals surface area contributed by atoms with Crippen LogP contribution in [0.1, 0.15) is 105 Å². The van der Waals surface area contributed by atoms with Gasteiger partial charge in [-0.3, -0.25) is 9.59 Å². The van der Waals surface area contributed by atoms with E-state index in [0.717, 1.165) is 41.7 Å². The van der Waals surface area contributed by atoms with Crippen molar-refractivity contribution in [2.75, 3.05) is 0 Å². The van der Waals surface area contributed by atoms with E-state index in [1.807, 2.05) is 40.0 Å². The van der Waals surface area contributed by atoms with E-state index in [2.05, 4.69) is 77.4 Å². The van der Waals surface area contributed by atoms with Crippen LogP contribution in [0.15, 0.2) is 30.4 Å². The van der Waals surface area contributed by atoms with E-state index >= 15 is 0 Å². The number of aryl methyl sites for hydroxylation is 2. The predicted octanol–water partition coefficient (Wildman–Crippen LogP) is 8.88. The van der Waals surface area contributed by atoms with Gasteiger partial charge in [0, 0.05) is 24.8 Å². The van der Waals surface area contributed by atoms with Crippen molar-refractivity contribution < 1.29 is 18.8 Å². The Morgan fingerprint density at radius 2 is 1.76 bits per heavy atom. The number of aromatic nitrogens is 2. The Morgan fingerprint density at radius 3 is 2.40 bits per heavy atom. The molecule has 1 aliphatic heterocycles. The van der Waals surface area contributed by atoms with Gasteiger partial charge in [-0.2, -0.15) is 0 Å². The molecule has 2 heterocycles. The molecule has 2 aromatic rings. The highest BCUT2D eigenvalue weighted by Gasteiger charge is 2.48. The molecule has 6 nitrogen and oxygen atoms in total. The summed E-state index contributed by atoms with van der Waals surface area (Å²) in [5.41, 5.74) is 2.02. The first kappa shape index (κ1) is 34.2. The van der Waals surface area contributed by atoms with Crippen LogP contribution in [0.25, 0.3) is 11.0 Å². The van der Waals surface area contributed by atoms with E-state index in [0.29, 0.717) is 12.3 Å². The Labute approximate surface area is 255 Å². The minimum absolute atomic E-state index is 0.0348. The number of rotatable bonds is 3. The van der Waals surface area contributed by atoms with Crippen LogP contribution in [-0.2, 0) is 25.8 Å². The zero-order valence-corrected chi connectivity index (χ0v) is 29.3. The third kappa shape index (κ3) is 7.63. The molecule has 0 bridgehead atoms. The lowest BCUT2D eigenvalue weighted by molar-refractivity contribution is -0.155. The van der Waals surface area contributed by atoms with Crippen molar-refractivity contribution >= 4 is 31.1 Å². The molecule has 0 spiro atoms. The first-order chi connectivity index (χ1) is 19.4. The zero-order chi connectivity index (χ0) is 31.6. The fourth-order valence-electron chi connectivity index (χ4n) is 5.76. The largest absolute Gasteiger partial charge is 0.457 e. The van der Waals surface area contributed by atoms with Gasteiger partial charge in [0.25, 0.3) is 0 Å². The second-order valence-electron chi connectivity index (χ2n) is 14.9. The van der Waals surface area contributed by atoms with E-state index < -0.39 is 25.9 Å². The first-order valence-electron chi connectivity index (χ1n) is 15.9. The second kappa shape index (κ2) is 13.2. The Hall–Kier alpha value is -2.25. The van der Waals surface area contributed by atoms with E-state index in [9.17, 15) is 9.59 Å². The average molecular weight is 597 g/mol. The van der Waals surface area contributed by atoms with E-state index in [1.165, 1.54) is 0 Å². The van der Waals surface area contributed by atoms with Crippen molar-refractivity contribution in [1.29, 1.82) is 0 Å². The number of ether oxygens (including phenoxy) is 1. The Balaban J connectivity index is 2.03. The maximum absolute atomic E-state index is 14.2. The number of nitrogens with zero attached hydrogens (tertiary/aromatic N) is 2. The fourth-order valence-corrected chi connectivity index (χ4v) is 7.20. The third-order valence-electron chi connectivity index (χ3n) is 10.5. The minimum Gasteiger partial charge on any atom is -0.457 e. The molecule has 0 radical (unpaired) electrons.